The van der Waals surface area contributed by atoms with Crippen molar-refractivity contribution in [1.82, 2.24) is 0 Å². The van der Waals surface area contributed by atoms with Gasteiger partial charge in [-0.2, -0.15) is 0 Å². The second-order valence-corrected chi connectivity index (χ2v) is 11.5. The minimum atomic E-state index is -0.761. The number of hydrogen-bond acceptors (Lipinski definition) is 4. The monoisotopic (exact) mass is 574 g/mol. The van der Waals surface area contributed by atoms with Gasteiger partial charge >= 0.3 is 11.9 Å². The van der Waals surface area contributed by atoms with E-state index in [-0.39, 0.29) is 5.97 Å². The zero-order valence-electron chi connectivity index (χ0n) is 27.4. The Morgan fingerprint density at radius 2 is 0.951 bits per heavy atom. The molecule has 0 rings (SSSR count). The molecular formula is C37H66O4. The van der Waals surface area contributed by atoms with Crippen LogP contribution < -0.4 is 0 Å². The van der Waals surface area contributed by atoms with Crippen LogP contribution in [0.5, 0.6) is 0 Å². The number of hydrogen-bond donors (Lipinski definition) is 0. The minimum absolute atomic E-state index is 0.276. The Balaban J connectivity index is 3.77. The molecule has 0 spiro atoms. The molecule has 1 atom stereocenters. The SMILES string of the molecule is CCCCC/C=C\C/C=C\CCCCCCCC(=O)O[C@H](CCCCCC/C=C\CCCCCCCC)C(=O)OC. The van der Waals surface area contributed by atoms with Crippen molar-refractivity contribution in [2.24, 2.45) is 0 Å². The standard InChI is InChI=1S/C37H66O4/c1-4-6-8-10-12-14-16-18-20-22-24-26-28-30-32-34-36(38)41-35(37(39)40-3)33-31-29-27-25-23-21-19-17-15-13-11-9-7-5-2/h12,14,18-21,35H,4-11,13,15-17,22-34H2,1-3H3/b14-12-,20-18-,21-19-/t35-/m1/s1. The van der Waals surface area contributed by atoms with Gasteiger partial charge in [-0.25, -0.2) is 4.79 Å². The van der Waals surface area contributed by atoms with Gasteiger partial charge in [0.25, 0.3) is 0 Å². The molecule has 0 saturated carbocycles. The van der Waals surface area contributed by atoms with E-state index in [1.807, 2.05) is 0 Å². The zero-order chi connectivity index (χ0) is 30.1. The number of methoxy groups -OCH3 is 1. The molecule has 0 aliphatic heterocycles. The topological polar surface area (TPSA) is 52.6 Å². The van der Waals surface area contributed by atoms with Gasteiger partial charge in [-0.3, -0.25) is 4.79 Å². The van der Waals surface area contributed by atoms with Crippen LogP contribution >= 0.6 is 0 Å². The minimum Gasteiger partial charge on any atom is -0.466 e. The lowest BCUT2D eigenvalue weighted by Crippen LogP contribution is -2.28. The van der Waals surface area contributed by atoms with Crippen molar-refractivity contribution in [3.63, 3.8) is 0 Å². The molecule has 238 valence electrons. The van der Waals surface area contributed by atoms with Gasteiger partial charge in [0, 0.05) is 6.42 Å². The van der Waals surface area contributed by atoms with Crippen molar-refractivity contribution < 1.29 is 19.1 Å². The molecule has 0 N–H and O–H groups in total. The largest absolute Gasteiger partial charge is 0.466 e. The van der Waals surface area contributed by atoms with Crippen LogP contribution in [-0.2, 0) is 19.1 Å². The summed E-state index contributed by atoms with van der Waals surface area (Å²) in [7, 11) is 1.36. The molecule has 0 aromatic heterocycles. The third-order valence-electron chi connectivity index (χ3n) is 7.55. The molecule has 0 aromatic carbocycles. The fourth-order valence-corrected chi connectivity index (χ4v) is 4.88. The van der Waals surface area contributed by atoms with Gasteiger partial charge < -0.3 is 9.47 Å². The maximum atomic E-state index is 12.3. The van der Waals surface area contributed by atoms with Gasteiger partial charge in [0.15, 0.2) is 6.10 Å². The summed E-state index contributed by atoms with van der Waals surface area (Å²) >= 11 is 0. The van der Waals surface area contributed by atoms with Crippen LogP contribution in [0.25, 0.3) is 0 Å². The Labute approximate surface area is 254 Å². The molecule has 0 fully saturated rings. The van der Waals surface area contributed by atoms with Crippen molar-refractivity contribution in [3.8, 4) is 0 Å². The average Bonchev–Trinajstić information content (AvgIpc) is 2.98. The highest BCUT2D eigenvalue weighted by molar-refractivity contribution is 5.79. The summed E-state index contributed by atoms with van der Waals surface area (Å²) in [6.07, 6.45) is 41.2. The van der Waals surface area contributed by atoms with Crippen molar-refractivity contribution >= 4 is 11.9 Å². The van der Waals surface area contributed by atoms with Crippen molar-refractivity contribution in [3.05, 3.63) is 36.5 Å². The molecule has 0 heterocycles. The summed E-state index contributed by atoms with van der Waals surface area (Å²) in [6, 6.07) is 0. The molecule has 4 nitrogen and oxygen atoms in total. The van der Waals surface area contributed by atoms with E-state index in [9.17, 15) is 9.59 Å². The summed E-state index contributed by atoms with van der Waals surface area (Å²) in [5.41, 5.74) is 0. The zero-order valence-corrected chi connectivity index (χ0v) is 27.4. The van der Waals surface area contributed by atoms with Gasteiger partial charge in [-0.1, -0.05) is 127 Å². The number of esters is 2. The molecule has 0 bridgehead atoms. The number of ether oxygens (including phenoxy) is 2. The van der Waals surface area contributed by atoms with Crippen LogP contribution in [0.15, 0.2) is 36.5 Å². The number of carbonyl (C=O) groups excluding carboxylic acids is 2. The number of carbonyl (C=O) groups is 2. The Morgan fingerprint density at radius 1 is 0.537 bits per heavy atom. The Morgan fingerprint density at radius 3 is 1.49 bits per heavy atom. The predicted octanol–water partition coefficient (Wildman–Crippen LogP) is 11.5. The van der Waals surface area contributed by atoms with Gasteiger partial charge in [-0.05, 0) is 77.0 Å². The van der Waals surface area contributed by atoms with E-state index in [4.69, 9.17) is 9.47 Å². The fourth-order valence-electron chi connectivity index (χ4n) is 4.88. The van der Waals surface area contributed by atoms with Gasteiger partial charge in [0.05, 0.1) is 7.11 Å². The molecular weight excluding hydrogens is 508 g/mol. The molecule has 0 aliphatic rings. The number of allylic oxidation sites excluding steroid dienone is 6. The Kier molecular flexibility index (Phi) is 31.2. The third kappa shape index (κ3) is 29.5. The van der Waals surface area contributed by atoms with Gasteiger partial charge in [0.1, 0.15) is 0 Å². The van der Waals surface area contributed by atoms with Gasteiger partial charge in [-0.15, -0.1) is 0 Å². The second-order valence-electron chi connectivity index (χ2n) is 11.5. The highest BCUT2D eigenvalue weighted by Crippen LogP contribution is 2.14. The highest BCUT2D eigenvalue weighted by Gasteiger charge is 2.23. The molecule has 0 aliphatic carbocycles. The van der Waals surface area contributed by atoms with Crippen molar-refractivity contribution in [2.75, 3.05) is 7.11 Å². The van der Waals surface area contributed by atoms with Crippen LogP contribution in [0.1, 0.15) is 174 Å². The lowest BCUT2D eigenvalue weighted by molar-refractivity contribution is -0.166. The lowest BCUT2D eigenvalue weighted by atomic mass is 10.1. The van der Waals surface area contributed by atoms with Gasteiger partial charge in [0.2, 0.25) is 0 Å². The maximum absolute atomic E-state index is 12.3. The van der Waals surface area contributed by atoms with E-state index in [1.54, 1.807) is 0 Å². The van der Waals surface area contributed by atoms with Crippen LogP contribution in [-0.4, -0.2) is 25.2 Å². The van der Waals surface area contributed by atoms with E-state index < -0.39 is 12.1 Å². The average molecular weight is 575 g/mol. The summed E-state index contributed by atoms with van der Waals surface area (Å²) < 4.78 is 10.4. The van der Waals surface area contributed by atoms with E-state index in [2.05, 4.69) is 50.3 Å². The van der Waals surface area contributed by atoms with Crippen molar-refractivity contribution in [2.45, 2.75) is 180 Å². The molecule has 0 aromatic rings. The quantitative estimate of drug-likeness (QED) is 0.0486. The smallest absolute Gasteiger partial charge is 0.347 e. The molecule has 4 heteroatoms. The van der Waals surface area contributed by atoms with E-state index >= 15 is 0 Å². The first-order valence-electron chi connectivity index (χ1n) is 17.4. The second kappa shape index (κ2) is 32.7. The normalized spacial score (nSPS) is 12.6. The summed E-state index contributed by atoms with van der Waals surface area (Å²) in [5, 5.41) is 0. The Bertz CT molecular complexity index is 664. The molecule has 0 unspecified atom stereocenters. The van der Waals surface area contributed by atoms with Crippen LogP contribution in [0.3, 0.4) is 0 Å². The van der Waals surface area contributed by atoms with E-state index in [1.165, 1.54) is 97.0 Å². The Hall–Kier alpha value is -1.84. The first-order valence-corrected chi connectivity index (χ1v) is 17.4. The first kappa shape index (κ1) is 39.2. The summed E-state index contributed by atoms with van der Waals surface area (Å²) in [6.45, 7) is 4.50. The first-order chi connectivity index (χ1) is 20.2. The van der Waals surface area contributed by atoms with E-state index in [0.717, 1.165) is 57.8 Å². The number of unbranched alkanes of at least 4 members (excludes halogenated alkanes) is 18. The summed E-state index contributed by atoms with van der Waals surface area (Å²) in [5.74, 6) is -0.711. The van der Waals surface area contributed by atoms with Crippen LogP contribution in [0.4, 0.5) is 0 Å². The molecule has 0 radical (unpaired) electrons. The molecule has 0 saturated heterocycles. The highest BCUT2D eigenvalue weighted by atomic mass is 16.6. The van der Waals surface area contributed by atoms with Crippen molar-refractivity contribution in [1.29, 1.82) is 0 Å². The summed E-state index contributed by atoms with van der Waals surface area (Å²) in [4.78, 5) is 24.4. The fraction of sp³-hybridized carbons (Fsp3) is 0.784. The predicted molar refractivity (Wildman–Crippen MR) is 176 cm³/mol. The number of rotatable bonds is 30. The van der Waals surface area contributed by atoms with Crippen LogP contribution in [0.2, 0.25) is 0 Å². The third-order valence-corrected chi connectivity index (χ3v) is 7.55. The molecule has 41 heavy (non-hydrogen) atoms. The molecule has 0 amide bonds. The van der Waals surface area contributed by atoms with E-state index in [0.29, 0.717) is 12.8 Å². The van der Waals surface area contributed by atoms with Crippen LogP contribution in [0, 0.1) is 0 Å². The lowest BCUT2D eigenvalue weighted by Gasteiger charge is -2.15. The maximum Gasteiger partial charge on any atom is 0.347 e.